The first kappa shape index (κ1) is 14.6. The summed E-state index contributed by atoms with van der Waals surface area (Å²) in [6.45, 7) is 1.94. The van der Waals surface area contributed by atoms with Crippen LogP contribution in [0, 0.1) is 0 Å². The molecule has 2 aliphatic rings. The lowest BCUT2D eigenvalue weighted by molar-refractivity contribution is 0.0993. The van der Waals surface area contributed by atoms with Gasteiger partial charge in [-0.1, -0.05) is 23.2 Å². The van der Waals surface area contributed by atoms with Crippen LogP contribution in [-0.2, 0) is 6.42 Å². The Bertz CT molecular complexity index is 818. The molecule has 1 N–H and O–H groups in total. The Morgan fingerprint density at radius 1 is 1.09 bits per heavy atom. The van der Waals surface area contributed by atoms with E-state index in [4.69, 9.17) is 11.6 Å². The molecule has 0 unspecified atom stereocenters. The maximum atomic E-state index is 12.7. The summed E-state index contributed by atoms with van der Waals surface area (Å²) in [6, 6.07) is 9.59. The second-order valence-electron chi connectivity index (χ2n) is 6.03. The molecule has 2 heterocycles. The van der Waals surface area contributed by atoms with Crippen LogP contribution < -0.4 is 5.32 Å². The standard InChI is InChI=1S/C19H17ClN2O/c20-14-3-4-15-13(10-14)11-17(23)16-2-1-7-22-19(16)18(15)12-5-8-21-9-6-12/h1-4,7,10,21H,5-6,8-9,11H2. The zero-order valence-electron chi connectivity index (χ0n) is 12.7. The summed E-state index contributed by atoms with van der Waals surface area (Å²) < 4.78 is 0. The quantitative estimate of drug-likeness (QED) is 0.804. The summed E-state index contributed by atoms with van der Waals surface area (Å²) in [5.41, 5.74) is 6.18. The fraction of sp³-hybridized carbons (Fsp3) is 0.263. The first-order chi connectivity index (χ1) is 11.2. The van der Waals surface area contributed by atoms with Gasteiger partial charge >= 0.3 is 0 Å². The first-order valence-corrected chi connectivity index (χ1v) is 8.32. The molecule has 2 aromatic rings. The number of nitrogens with zero attached hydrogens (tertiary/aromatic N) is 1. The Morgan fingerprint density at radius 2 is 1.91 bits per heavy atom. The number of hydrogen-bond donors (Lipinski definition) is 1. The van der Waals surface area contributed by atoms with Crippen molar-refractivity contribution < 1.29 is 4.79 Å². The van der Waals surface area contributed by atoms with Crippen molar-refractivity contribution in [1.29, 1.82) is 0 Å². The molecule has 0 spiro atoms. The van der Waals surface area contributed by atoms with Crippen LogP contribution in [0.5, 0.6) is 0 Å². The molecule has 0 radical (unpaired) electrons. The molecule has 3 nitrogen and oxygen atoms in total. The van der Waals surface area contributed by atoms with Crippen molar-refractivity contribution >= 4 is 23.0 Å². The number of fused-ring (bicyclic) bond motifs is 2. The lowest BCUT2D eigenvalue weighted by atomic mass is 9.89. The van der Waals surface area contributed by atoms with Gasteiger partial charge in [-0.3, -0.25) is 9.78 Å². The number of halogens is 1. The van der Waals surface area contributed by atoms with Crippen LogP contribution in [-0.4, -0.2) is 23.9 Å². The van der Waals surface area contributed by atoms with Gasteiger partial charge in [-0.2, -0.15) is 0 Å². The van der Waals surface area contributed by atoms with Gasteiger partial charge in [-0.15, -0.1) is 0 Å². The van der Waals surface area contributed by atoms with Crippen LogP contribution >= 0.6 is 11.6 Å². The van der Waals surface area contributed by atoms with Gasteiger partial charge in [-0.05, 0) is 61.3 Å². The van der Waals surface area contributed by atoms with Gasteiger partial charge in [0.05, 0.1) is 5.69 Å². The molecular weight excluding hydrogens is 308 g/mol. The topological polar surface area (TPSA) is 42.0 Å². The van der Waals surface area contributed by atoms with Crippen LogP contribution in [0.3, 0.4) is 0 Å². The summed E-state index contributed by atoms with van der Waals surface area (Å²) in [6.07, 6.45) is 4.13. The molecular formula is C19H17ClN2O. The summed E-state index contributed by atoms with van der Waals surface area (Å²) >= 11 is 6.17. The molecule has 1 aliphatic heterocycles. The number of piperidine rings is 1. The predicted octanol–water partition coefficient (Wildman–Crippen LogP) is 3.66. The van der Waals surface area contributed by atoms with Gasteiger partial charge in [0.1, 0.15) is 0 Å². The maximum absolute atomic E-state index is 12.7. The van der Waals surface area contributed by atoms with Crippen molar-refractivity contribution in [3.8, 4) is 0 Å². The molecule has 116 valence electrons. The average molecular weight is 325 g/mol. The van der Waals surface area contributed by atoms with Crippen LogP contribution in [0.25, 0.3) is 5.57 Å². The normalized spacial score (nSPS) is 17.5. The zero-order chi connectivity index (χ0) is 15.8. The lowest BCUT2D eigenvalue weighted by Gasteiger charge is -2.21. The number of hydrogen-bond acceptors (Lipinski definition) is 3. The van der Waals surface area contributed by atoms with Gasteiger partial charge < -0.3 is 5.32 Å². The van der Waals surface area contributed by atoms with Crippen molar-refractivity contribution in [1.82, 2.24) is 10.3 Å². The highest BCUT2D eigenvalue weighted by atomic mass is 35.5. The number of carbonyl (C=O) groups excluding carboxylic acids is 1. The number of ketones is 1. The molecule has 4 rings (SSSR count). The molecule has 4 heteroatoms. The van der Waals surface area contributed by atoms with Crippen molar-refractivity contribution in [2.75, 3.05) is 13.1 Å². The van der Waals surface area contributed by atoms with Gasteiger partial charge in [0, 0.05) is 28.8 Å². The molecule has 23 heavy (non-hydrogen) atoms. The van der Waals surface area contributed by atoms with E-state index in [1.54, 1.807) is 6.20 Å². The van der Waals surface area contributed by atoms with E-state index < -0.39 is 0 Å². The highest BCUT2D eigenvalue weighted by Gasteiger charge is 2.27. The minimum Gasteiger partial charge on any atom is -0.316 e. The van der Waals surface area contributed by atoms with Crippen LogP contribution in [0.1, 0.15) is 40.0 Å². The highest BCUT2D eigenvalue weighted by molar-refractivity contribution is 6.30. The van der Waals surface area contributed by atoms with E-state index in [2.05, 4.69) is 10.3 Å². The third-order valence-corrected chi connectivity index (χ3v) is 4.83. The molecule has 0 amide bonds. The number of benzene rings is 1. The number of aromatic nitrogens is 1. The van der Waals surface area contributed by atoms with E-state index in [-0.39, 0.29) is 5.78 Å². The maximum Gasteiger partial charge on any atom is 0.169 e. The molecule has 0 saturated carbocycles. The molecule has 0 bridgehead atoms. The fourth-order valence-electron chi connectivity index (χ4n) is 3.51. The Hall–Kier alpha value is -1.97. The smallest absolute Gasteiger partial charge is 0.169 e. The molecule has 1 aromatic heterocycles. The number of rotatable bonds is 0. The molecule has 1 aromatic carbocycles. The summed E-state index contributed by atoms with van der Waals surface area (Å²) in [4.78, 5) is 17.3. The van der Waals surface area contributed by atoms with E-state index in [0.717, 1.165) is 53.9 Å². The summed E-state index contributed by atoms with van der Waals surface area (Å²) in [5.74, 6) is 0.112. The zero-order valence-corrected chi connectivity index (χ0v) is 13.5. The Balaban J connectivity index is 2.03. The average Bonchev–Trinajstić information content (AvgIpc) is 2.70. The van der Waals surface area contributed by atoms with E-state index in [0.29, 0.717) is 11.4 Å². The third-order valence-electron chi connectivity index (χ3n) is 4.59. The van der Waals surface area contributed by atoms with Crippen LogP contribution in [0.15, 0.2) is 42.1 Å². The van der Waals surface area contributed by atoms with Gasteiger partial charge in [0.15, 0.2) is 5.78 Å². The Morgan fingerprint density at radius 3 is 2.74 bits per heavy atom. The number of carbonyl (C=O) groups is 1. The molecule has 1 aliphatic carbocycles. The van der Waals surface area contributed by atoms with Crippen LogP contribution in [0.2, 0.25) is 5.02 Å². The number of pyridine rings is 1. The van der Waals surface area contributed by atoms with Crippen molar-refractivity contribution in [2.45, 2.75) is 19.3 Å². The molecule has 1 saturated heterocycles. The number of nitrogens with one attached hydrogen (secondary N) is 1. The van der Waals surface area contributed by atoms with E-state index >= 15 is 0 Å². The van der Waals surface area contributed by atoms with Gasteiger partial charge in [-0.25, -0.2) is 0 Å². The highest BCUT2D eigenvalue weighted by Crippen LogP contribution is 2.37. The van der Waals surface area contributed by atoms with Crippen molar-refractivity contribution in [3.63, 3.8) is 0 Å². The van der Waals surface area contributed by atoms with E-state index in [9.17, 15) is 4.79 Å². The van der Waals surface area contributed by atoms with E-state index in [1.165, 1.54) is 5.57 Å². The second-order valence-corrected chi connectivity index (χ2v) is 6.47. The van der Waals surface area contributed by atoms with Crippen LogP contribution in [0.4, 0.5) is 0 Å². The summed E-state index contributed by atoms with van der Waals surface area (Å²) in [5, 5.41) is 4.06. The SMILES string of the molecule is O=C1Cc2cc(Cl)ccc2C(=C2CCNCC2)c2ncccc21. The largest absolute Gasteiger partial charge is 0.316 e. The van der Waals surface area contributed by atoms with Crippen molar-refractivity contribution in [3.05, 3.63) is 69.5 Å². The van der Waals surface area contributed by atoms with E-state index in [1.807, 2.05) is 30.3 Å². The lowest BCUT2D eigenvalue weighted by Crippen LogP contribution is -2.24. The summed E-state index contributed by atoms with van der Waals surface area (Å²) in [7, 11) is 0. The fourth-order valence-corrected chi connectivity index (χ4v) is 3.71. The van der Waals surface area contributed by atoms with Gasteiger partial charge in [0.2, 0.25) is 0 Å². The second kappa shape index (κ2) is 5.91. The minimum absolute atomic E-state index is 0.112. The monoisotopic (exact) mass is 324 g/mol. The first-order valence-electron chi connectivity index (χ1n) is 7.94. The Labute approximate surface area is 140 Å². The van der Waals surface area contributed by atoms with Crippen molar-refractivity contribution in [2.24, 2.45) is 0 Å². The molecule has 0 atom stereocenters. The predicted molar refractivity (Wildman–Crippen MR) is 91.8 cm³/mol. The third kappa shape index (κ3) is 2.60. The Kier molecular flexibility index (Phi) is 3.76. The van der Waals surface area contributed by atoms with Gasteiger partial charge in [0.25, 0.3) is 0 Å². The number of Topliss-reactive ketones (excluding diaryl/α,β-unsaturated/α-hetero) is 1. The molecule has 1 fully saturated rings. The minimum atomic E-state index is 0.112.